The highest BCUT2D eigenvalue weighted by Gasteiger charge is 2.13. The molecule has 0 fully saturated rings. The molecular weight excluding hydrogens is 274 g/mol. The van der Waals surface area contributed by atoms with Crippen LogP contribution in [0.15, 0.2) is 42.5 Å². The predicted octanol–water partition coefficient (Wildman–Crippen LogP) is 3.37. The Morgan fingerprint density at radius 1 is 1.05 bits per heavy atom. The highest BCUT2D eigenvalue weighted by molar-refractivity contribution is 5.28. The van der Waals surface area contributed by atoms with Gasteiger partial charge in [-0.2, -0.15) is 0 Å². The lowest BCUT2D eigenvalue weighted by Crippen LogP contribution is -2.14. The van der Waals surface area contributed by atoms with Crippen LogP contribution in [0.2, 0.25) is 0 Å². The van der Waals surface area contributed by atoms with E-state index in [1.54, 1.807) is 7.11 Å². The fraction of sp³-hybridized carbons (Fsp3) is 0.294. The van der Waals surface area contributed by atoms with Crippen LogP contribution >= 0.6 is 0 Å². The lowest BCUT2D eigenvalue weighted by Gasteiger charge is -2.15. The van der Waals surface area contributed by atoms with Crippen molar-refractivity contribution in [3.63, 3.8) is 0 Å². The summed E-state index contributed by atoms with van der Waals surface area (Å²) in [7, 11) is 1.60. The fourth-order valence-electron chi connectivity index (χ4n) is 2.29. The van der Waals surface area contributed by atoms with E-state index in [1.807, 2.05) is 24.3 Å². The van der Waals surface area contributed by atoms with E-state index in [2.05, 4.69) is 0 Å². The SMILES string of the molecule is COc1ccc(CC(CO)Cc2ccc(F)cc2F)cc1. The van der Waals surface area contributed by atoms with Crippen LogP contribution in [0, 0.1) is 17.6 Å². The van der Waals surface area contributed by atoms with Crippen molar-refractivity contribution in [2.75, 3.05) is 13.7 Å². The van der Waals surface area contributed by atoms with Crippen LogP contribution in [0.1, 0.15) is 11.1 Å². The van der Waals surface area contributed by atoms with E-state index in [-0.39, 0.29) is 12.5 Å². The van der Waals surface area contributed by atoms with E-state index in [0.717, 1.165) is 17.4 Å². The Kier molecular flexibility index (Phi) is 5.28. The quantitative estimate of drug-likeness (QED) is 0.884. The lowest BCUT2D eigenvalue weighted by molar-refractivity contribution is 0.224. The number of benzene rings is 2. The van der Waals surface area contributed by atoms with Gasteiger partial charge in [0.2, 0.25) is 0 Å². The Labute approximate surface area is 123 Å². The maximum absolute atomic E-state index is 13.6. The van der Waals surface area contributed by atoms with E-state index in [0.29, 0.717) is 18.4 Å². The Hall–Kier alpha value is -1.94. The van der Waals surface area contributed by atoms with Crippen LogP contribution in [0.3, 0.4) is 0 Å². The minimum atomic E-state index is -0.591. The second-order valence-corrected chi connectivity index (χ2v) is 5.04. The van der Waals surface area contributed by atoms with Gasteiger partial charge < -0.3 is 9.84 Å². The molecule has 2 nitrogen and oxygen atoms in total. The van der Waals surface area contributed by atoms with Crippen LogP contribution in [-0.2, 0) is 12.8 Å². The number of aliphatic hydroxyl groups is 1. The van der Waals surface area contributed by atoms with Crippen LogP contribution < -0.4 is 4.74 Å². The molecule has 2 aromatic carbocycles. The highest BCUT2D eigenvalue weighted by Crippen LogP contribution is 2.19. The summed E-state index contributed by atoms with van der Waals surface area (Å²) in [5, 5.41) is 9.47. The summed E-state index contributed by atoms with van der Waals surface area (Å²) in [6.45, 7) is -0.0527. The number of aliphatic hydroxyl groups excluding tert-OH is 1. The number of hydrogen-bond acceptors (Lipinski definition) is 2. The van der Waals surface area contributed by atoms with Crippen molar-refractivity contribution in [1.82, 2.24) is 0 Å². The van der Waals surface area contributed by atoms with Crippen LogP contribution in [-0.4, -0.2) is 18.8 Å². The van der Waals surface area contributed by atoms with E-state index < -0.39 is 11.6 Å². The zero-order chi connectivity index (χ0) is 15.2. The standard InChI is InChI=1S/C17H18F2O2/c1-21-16-6-2-12(3-7-16)8-13(11-20)9-14-4-5-15(18)10-17(14)19/h2-7,10,13,20H,8-9,11H2,1H3. The summed E-state index contributed by atoms with van der Waals surface area (Å²) in [4.78, 5) is 0. The minimum absolute atomic E-state index is 0.0527. The Balaban J connectivity index is 2.05. The largest absolute Gasteiger partial charge is 0.497 e. The summed E-state index contributed by atoms with van der Waals surface area (Å²) < 4.78 is 31.6. The first-order valence-electron chi connectivity index (χ1n) is 6.80. The number of ether oxygens (including phenoxy) is 1. The summed E-state index contributed by atoms with van der Waals surface area (Å²) in [6, 6.07) is 11.1. The van der Waals surface area contributed by atoms with Crippen molar-refractivity contribution >= 4 is 0 Å². The Morgan fingerprint density at radius 2 is 1.76 bits per heavy atom. The van der Waals surface area contributed by atoms with Gasteiger partial charge in [-0.05, 0) is 48.1 Å². The fourth-order valence-corrected chi connectivity index (χ4v) is 2.29. The van der Waals surface area contributed by atoms with Gasteiger partial charge in [0.1, 0.15) is 17.4 Å². The molecule has 2 aromatic rings. The van der Waals surface area contributed by atoms with Crippen molar-refractivity contribution in [2.45, 2.75) is 12.8 Å². The number of hydrogen-bond donors (Lipinski definition) is 1. The van der Waals surface area contributed by atoms with Gasteiger partial charge in [0.25, 0.3) is 0 Å². The summed E-state index contributed by atoms with van der Waals surface area (Å²) >= 11 is 0. The first-order chi connectivity index (χ1) is 10.1. The third-order valence-electron chi connectivity index (χ3n) is 3.47. The summed E-state index contributed by atoms with van der Waals surface area (Å²) in [5.41, 5.74) is 1.46. The first-order valence-corrected chi connectivity index (χ1v) is 6.80. The van der Waals surface area contributed by atoms with Gasteiger partial charge in [-0.3, -0.25) is 0 Å². The van der Waals surface area contributed by atoms with Crippen molar-refractivity contribution in [1.29, 1.82) is 0 Å². The van der Waals surface area contributed by atoms with Gasteiger partial charge in [0.15, 0.2) is 0 Å². The van der Waals surface area contributed by atoms with E-state index in [9.17, 15) is 13.9 Å². The number of methoxy groups -OCH3 is 1. The average molecular weight is 292 g/mol. The molecule has 0 saturated carbocycles. The Morgan fingerprint density at radius 3 is 2.33 bits per heavy atom. The van der Waals surface area contributed by atoms with Gasteiger partial charge in [-0.1, -0.05) is 18.2 Å². The molecule has 0 radical (unpaired) electrons. The topological polar surface area (TPSA) is 29.5 Å². The number of halogens is 2. The van der Waals surface area contributed by atoms with Crippen molar-refractivity contribution < 1.29 is 18.6 Å². The smallest absolute Gasteiger partial charge is 0.129 e. The monoisotopic (exact) mass is 292 g/mol. The molecule has 0 aliphatic carbocycles. The van der Waals surface area contributed by atoms with Crippen LogP contribution in [0.4, 0.5) is 8.78 Å². The van der Waals surface area contributed by atoms with Gasteiger partial charge in [0, 0.05) is 12.7 Å². The molecule has 112 valence electrons. The minimum Gasteiger partial charge on any atom is -0.497 e. The molecule has 0 saturated heterocycles. The Bertz CT molecular complexity index is 582. The van der Waals surface area contributed by atoms with Gasteiger partial charge in [-0.25, -0.2) is 8.78 Å². The highest BCUT2D eigenvalue weighted by atomic mass is 19.1. The molecule has 0 aliphatic heterocycles. The zero-order valence-electron chi connectivity index (χ0n) is 11.9. The second-order valence-electron chi connectivity index (χ2n) is 5.04. The zero-order valence-corrected chi connectivity index (χ0v) is 11.9. The molecule has 1 N–H and O–H groups in total. The third kappa shape index (κ3) is 4.26. The van der Waals surface area contributed by atoms with Crippen molar-refractivity contribution in [3.8, 4) is 5.75 Å². The van der Waals surface area contributed by atoms with Gasteiger partial charge in [0.05, 0.1) is 7.11 Å². The molecule has 21 heavy (non-hydrogen) atoms. The average Bonchev–Trinajstić information content (AvgIpc) is 2.49. The molecule has 4 heteroatoms. The molecule has 0 spiro atoms. The summed E-state index contributed by atoms with van der Waals surface area (Å²) in [5.74, 6) is -0.502. The van der Waals surface area contributed by atoms with E-state index in [4.69, 9.17) is 4.74 Å². The molecule has 0 aromatic heterocycles. The van der Waals surface area contributed by atoms with Gasteiger partial charge >= 0.3 is 0 Å². The third-order valence-corrected chi connectivity index (χ3v) is 3.47. The molecule has 2 rings (SSSR count). The van der Waals surface area contributed by atoms with Crippen molar-refractivity contribution in [3.05, 3.63) is 65.2 Å². The number of rotatable bonds is 6. The normalized spacial score (nSPS) is 12.2. The molecule has 0 heterocycles. The molecule has 0 aliphatic rings. The lowest BCUT2D eigenvalue weighted by atomic mass is 9.93. The van der Waals surface area contributed by atoms with E-state index >= 15 is 0 Å². The van der Waals surface area contributed by atoms with Crippen molar-refractivity contribution in [2.24, 2.45) is 5.92 Å². The maximum atomic E-state index is 13.6. The van der Waals surface area contributed by atoms with E-state index in [1.165, 1.54) is 12.1 Å². The van der Waals surface area contributed by atoms with Crippen LogP contribution in [0.5, 0.6) is 5.75 Å². The molecule has 1 atom stereocenters. The first kappa shape index (κ1) is 15.4. The molecular formula is C17H18F2O2. The predicted molar refractivity (Wildman–Crippen MR) is 77.3 cm³/mol. The second kappa shape index (κ2) is 7.18. The van der Waals surface area contributed by atoms with Crippen LogP contribution in [0.25, 0.3) is 0 Å². The molecule has 0 amide bonds. The van der Waals surface area contributed by atoms with Gasteiger partial charge in [-0.15, -0.1) is 0 Å². The maximum Gasteiger partial charge on any atom is 0.129 e. The summed E-state index contributed by atoms with van der Waals surface area (Å²) in [6.07, 6.45) is 0.992. The molecule has 0 bridgehead atoms. The molecule has 1 unspecified atom stereocenters.